The van der Waals surface area contributed by atoms with Gasteiger partial charge in [-0.3, -0.25) is 14.1 Å². The Labute approximate surface area is 176 Å². The summed E-state index contributed by atoms with van der Waals surface area (Å²) in [6.45, 7) is -0.0156. The van der Waals surface area contributed by atoms with Crippen molar-refractivity contribution in [1.82, 2.24) is 24.0 Å². The first-order chi connectivity index (χ1) is 14.0. The number of aromatic nitrogens is 3. The van der Waals surface area contributed by atoms with Gasteiger partial charge in [-0.2, -0.15) is 18.3 Å². The summed E-state index contributed by atoms with van der Waals surface area (Å²) in [5.41, 5.74) is 2.19. The number of carbonyl (C=O) groups excluding carboxylic acids is 1. The molecule has 3 aromatic rings. The summed E-state index contributed by atoms with van der Waals surface area (Å²) in [4.78, 5) is 14.2. The molecule has 0 aliphatic rings. The van der Waals surface area contributed by atoms with E-state index in [-0.39, 0.29) is 11.4 Å². The number of benzene rings is 1. The second kappa shape index (κ2) is 8.23. The number of aryl methyl sites for hydroxylation is 1. The van der Waals surface area contributed by atoms with Crippen LogP contribution in [-0.4, -0.2) is 70.4 Å². The molecule has 0 N–H and O–H groups in total. The molecule has 0 spiro atoms. The van der Waals surface area contributed by atoms with E-state index in [2.05, 4.69) is 5.10 Å². The standard InChI is InChI=1S/C19H22F3N5O2S/c1-12-7-16-23-26(11-25(10-19(20,21)22)9-17(28)24(2)3)18(30)27(16)15-8-13(29-4)5-6-14(12)15/h5-8H,9-11H2,1-4H3. The van der Waals surface area contributed by atoms with Gasteiger partial charge in [0.05, 0.1) is 32.4 Å². The molecule has 0 saturated heterocycles. The van der Waals surface area contributed by atoms with Gasteiger partial charge in [-0.25, -0.2) is 4.68 Å². The van der Waals surface area contributed by atoms with Crippen LogP contribution in [0.3, 0.4) is 0 Å². The van der Waals surface area contributed by atoms with Crippen molar-refractivity contribution in [3.05, 3.63) is 34.6 Å². The number of rotatable bonds is 6. The van der Waals surface area contributed by atoms with Gasteiger partial charge < -0.3 is 9.64 Å². The number of carbonyl (C=O) groups is 1. The number of hydrogen-bond acceptors (Lipinski definition) is 5. The molecule has 2 aromatic heterocycles. The lowest BCUT2D eigenvalue weighted by Gasteiger charge is -2.24. The number of halogens is 3. The van der Waals surface area contributed by atoms with Crippen molar-refractivity contribution in [2.24, 2.45) is 0 Å². The summed E-state index contributed by atoms with van der Waals surface area (Å²) in [5, 5.41) is 5.33. The Balaban J connectivity index is 2.08. The highest BCUT2D eigenvalue weighted by atomic mass is 32.1. The number of ether oxygens (including phenoxy) is 1. The maximum absolute atomic E-state index is 13.1. The molecule has 0 aliphatic heterocycles. The van der Waals surface area contributed by atoms with Crippen molar-refractivity contribution in [1.29, 1.82) is 0 Å². The Morgan fingerprint density at radius 2 is 1.97 bits per heavy atom. The molecule has 0 saturated carbocycles. The van der Waals surface area contributed by atoms with Crippen molar-refractivity contribution in [3.8, 4) is 5.75 Å². The number of amides is 1. The Morgan fingerprint density at radius 1 is 1.27 bits per heavy atom. The van der Waals surface area contributed by atoms with Crippen LogP contribution in [0.5, 0.6) is 5.75 Å². The molecule has 0 radical (unpaired) electrons. The van der Waals surface area contributed by atoms with Gasteiger partial charge in [0.25, 0.3) is 0 Å². The Bertz CT molecular complexity index is 1150. The third-order valence-electron chi connectivity index (χ3n) is 4.68. The molecule has 1 amide bonds. The fraction of sp³-hybridized carbons (Fsp3) is 0.421. The topological polar surface area (TPSA) is 55.0 Å². The lowest BCUT2D eigenvalue weighted by molar-refractivity contribution is -0.154. The summed E-state index contributed by atoms with van der Waals surface area (Å²) >= 11 is 5.52. The third kappa shape index (κ3) is 4.57. The average Bonchev–Trinajstić information content (AvgIpc) is 2.95. The summed E-state index contributed by atoms with van der Waals surface area (Å²) in [6, 6.07) is 7.35. The zero-order valence-electron chi connectivity index (χ0n) is 17.0. The van der Waals surface area contributed by atoms with Gasteiger partial charge in [0.2, 0.25) is 10.7 Å². The molecule has 3 rings (SSSR count). The highest BCUT2D eigenvalue weighted by molar-refractivity contribution is 7.71. The van der Waals surface area contributed by atoms with Crippen LogP contribution in [0, 0.1) is 11.7 Å². The quantitative estimate of drug-likeness (QED) is 0.550. The van der Waals surface area contributed by atoms with Crippen molar-refractivity contribution in [2.45, 2.75) is 19.8 Å². The number of likely N-dealkylation sites (N-methyl/N-ethyl adjacent to an activating group) is 1. The maximum atomic E-state index is 13.1. The Kier molecular flexibility index (Phi) is 6.04. The molecule has 7 nitrogen and oxygen atoms in total. The molecule has 11 heteroatoms. The zero-order valence-corrected chi connectivity index (χ0v) is 17.8. The molecule has 0 unspecified atom stereocenters. The Morgan fingerprint density at radius 3 is 2.57 bits per heavy atom. The minimum absolute atomic E-state index is 0.229. The minimum atomic E-state index is -4.47. The fourth-order valence-electron chi connectivity index (χ4n) is 3.20. The van der Waals surface area contributed by atoms with Gasteiger partial charge in [-0.05, 0) is 42.9 Å². The monoisotopic (exact) mass is 441 g/mol. The smallest absolute Gasteiger partial charge is 0.401 e. The van der Waals surface area contributed by atoms with Crippen LogP contribution in [0.25, 0.3) is 16.6 Å². The molecule has 0 fully saturated rings. The molecule has 162 valence electrons. The molecule has 0 bridgehead atoms. The molecule has 2 heterocycles. The second-order valence-electron chi connectivity index (χ2n) is 7.22. The third-order valence-corrected chi connectivity index (χ3v) is 5.07. The number of methoxy groups -OCH3 is 1. The van der Waals surface area contributed by atoms with E-state index in [1.54, 1.807) is 17.6 Å². The zero-order chi connectivity index (χ0) is 22.2. The largest absolute Gasteiger partial charge is 0.497 e. The average molecular weight is 441 g/mol. The van der Waals surface area contributed by atoms with Crippen molar-refractivity contribution < 1.29 is 22.7 Å². The van der Waals surface area contributed by atoms with E-state index in [1.165, 1.54) is 23.7 Å². The fourth-order valence-corrected chi connectivity index (χ4v) is 3.49. The van der Waals surface area contributed by atoms with E-state index in [0.717, 1.165) is 21.4 Å². The second-order valence-corrected chi connectivity index (χ2v) is 7.58. The van der Waals surface area contributed by atoms with E-state index < -0.39 is 25.2 Å². The number of pyridine rings is 1. The van der Waals surface area contributed by atoms with Crippen LogP contribution < -0.4 is 4.74 Å². The lowest BCUT2D eigenvalue weighted by Crippen LogP contribution is -2.42. The summed E-state index contributed by atoms with van der Waals surface area (Å²) in [5.74, 6) is 0.180. The normalized spacial score (nSPS) is 12.1. The minimum Gasteiger partial charge on any atom is -0.497 e. The van der Waals surface area contributed by atoms with Gasteiger partial charge >= 0.3 is 6.18 Å². The number of fused-ring (bicyclic) bond motifs is 3. The number of nitrogens with zero attached hydrogens (tertiary/aromatic N) is 5. The molecule has 30 heavy (non-hydrogen) atoms. The van der Waals surface area contributed by atoms with E-state index >= 15 is 0 Å². The van der Waals surface area contributed by atoms with Crippen molar-refractivity contribution in [2.75, 3.05) is 34.3 Å². The van der Waals surface area contributed by atoms with Crippen LogP contribution in [0.1, 0.15) is 5.56 Å². The summed E-state index contributed by atoms with van der Waals surface area (Å²) < 4.78 is 47.7. The Hall–Kier alpha value is -2.66. The lowest BCUT2D eigenvalue weighted by atomic mass is 10.1. The van der Waals surface area contributed by atoms with Gasteiger partial charge in [0.1, 0.15) is 5.75 Å². The van der Waals surface area contributed by atoms with Gasteiger partial charge in [-0.15, -0.1) is 0 Å². The van der Waals surface area contributed by atoms with Crippen LogP contribution in [0.15, 0.2) is 24.3 Å². The van der Waals surface area contributed by atoms with Gasteiger partial charge in [0, 0.05) is 25.5 Å². The SMILES string of the molecule is COc1ccc2c(C)cc3nn(CN(CC(=O)N(C)C)CC(F)(F)F)c(=S)n3c2c1. The summed E-state index contributed by atoms with van der Waals surface area (Å²) in [6.07, 6.45) is -4.47. The van der Waals surface area contributed by atoms with E-state index in [1.807, 2.05) is 25.1 Å². The van der Waals surface area contributed by atoms with E-state index in [0.29, 0.717) is 11.4 Å². The first-order valence-electron chi connectivity index (χ1n) is 9.06. The van der Waals surface area contributed by atoms with Crippen molar-refractivity contribution in [3.63, 3.8) is 0 Å². The first kappa shape index (κ1) is 22.0. The van der Waals surface area contributed by atoms with Gasteiger partial charge in [-0.1, -0.05) is 0 Å². The van der Waals surface area contributed by atoms with Gasteiger partial charge in [0.15, 0.2) is 5.65 Å². The number of hydrogen-bond donors (Lipinski definition) is 0. The molecular weight excluding hydrogens is 419 g/mol. The van der Waals surface area contributed by atoms with E-state index in [4.69, 9.17) is 17.0 Å². The molecule has 1 aromatic carbocycles. The highest BCUT2D eigenvalue weighted by Crippen LogP contribution is 2.26. The molecule has 0 atom stereocenters. The number of alkyl halides is 3. The maximum Gasteiger partial charge on any atom is 0.401 e. The van der Waals surface area contributed by atoms with Crippen LogP contribution in [0.4, 0.5) is 13.2 Å². The summed E-state index contributed by atoms with van der Waals surface area (Å²) in [7, 11) is 4.54. The highest BCUT2D eigenvalue weighted by Gasteiger charge is 2.32. The van der Waals surface area contributed by atoms with Crippen LogP contribution in [0.2, 0.25) is 0 Å². The predicted octanol–water partition coefficient (Wildman–Crippen LogP) is 3.25. The van der Waals surface area contributed by atoms with Crippen LogP contribution in [-0.2, 0) is 11.5 Å². The van der Waals surface area contributed by atoms with Crippen LogP contribution >= 0.6 is 12.2 Å². The predicted molar refractivity (Wildman–Crippen MR) is 109 cm³/mol. The molecular formula is C19H22F3N5O2S. The molecule has 0 aliphatic carbocycles. The first-order valence-corrected chi connectivity index (χ1v) is 9.47. The van der Waals surface area contributed by atoms with Crippen molar-refractivity contribution >= 4 is 34.7 Å². The van der Waals surface area contributed by atoms with E-state index in [9.17, 15) is 18.0 Å².